The number of methoxy groups -OCH3 is 1. The average molecular weight is 273 g/mol. The van der Waals surface area contributed by atoms with Crippen molar-refractivity contribution in [2.24, 2.45) is 9.98 Å². The zero-order chi connectivity index (χ0) is 14.1. The van der Waals surface area contributed by atoms with Crippen LogP contribution in [0.15, 0.2) is 46.7 Å². The maximum Gasteiger partial charge on any atom is 0.360 e. The van der Waals surface area contributed by atoms with Crippen molar-refractivity contribution in [1.29, 1.82) is 0 Å². The van der Waals surface area contributed by atoms with Crippen LogP contribution in [0.2, 0.25) is 0 Å². The van der Waals surface area contributed by atoms with E-state index in [1.54, 1.807) is 18.3 Å². The van der Waals surface area contributed by atoms with E-state index in [1.807, 2.05) is 4.90 Å². The molecule has 3 rings (SSSR count). The van der Waals surface area contributed by atoms with E-state index >= 15 is 0 Å². The molecule has 6 heteroatoms. The molecule has 0 fully saturated rings. The topological polar surface area (TPSA) is 54.3 Å². The number of benzene rings is 1. The molecule has 0 radical (unpaired) electrons. The standard InChI is InChI=1S/C14H12FN3O2/c1-20-14(19)12-13-17-11(8-18(13)7-6-16-12)9-2-4-10(15)5-3-9/h2-7,11H,8H2,1H3. The van der Waals surface area contributed by atoms with Gasteiger partial charge in [0.25, 0.3) is 0 Å². The van der Waals surface area contributed by atoms with Gasteiger partial charge in [0.2, 0.25) is 0 Å². The summed E-state index contributed by atoms with van der Waals surface area (Å²) < 4.78 is 17.6. The summed E-state index contributed by atoms with van der Waals surface area (Å²) in [5, 5.41) is 0. The number of aliphatic imine (C=N–C) groups is 2. The largest absolute Gasteiger partial charge is 0.464 e. The molecule has 0 saturated heterocycles. The fourth-order valence-electron chi connectivity index (χ4n) is 2.22. The second kappa shape index (κ2) is 4.88. The Hall–Kier alpha value is -2.50. The van der Waals surface area contributed by atoms with Crippen LogP contribution in [0, 0.1) is 5.82 Å². The first-order chi connectivity index (χ1) is 9.69. The first-order valence-electron chi connectivity index (χ1n) is 6.12. The van der Waals surface area contributed by atoms with Crippen LogP contribution in [0.1, 0.15) is 11.6 Å². The number of fused-ring (bicyclic) bond motifs is 1. The summed E-state index contributed by atoms with van der Waals surface area (Å²) in [6, 6.07) is 6.04. The normalized spacial score (nSPS) is 20.3. The van der Waals surface area contributed by atoms with Crippen LogP contribution in [0.25, 0.3) is 0 Å². The van der Waals surface area contributed by atoms with E-state index in [0.717, 1.165) is 5.56 Å². The van der Waals surface area contributed by atoms with Crippen LogP contribution in [-0.4, -0.2) is 36.1 Å². The number of amidine groups is 1. The number of nitrogens with zero attached hydrogens (tertiary/aromatic N) is 3. The highest BCUT2D eigenvalue weighted by atomic mass is 19.1. The maximum absolute atomic E-state index is 12.9. The summed E-state index contributed by atoms with van der Waals surface area (Å²) in [7, 11) is 1.31. The van der Waals surface area contributed by atoms with Gasteiger partial charge in [-0.3, -0.25) is 4.99 Å². The quantitative estimate of drug-likeness (QED) is 0.770. The predicted molar refractivity (Wildman–Crippen MR) is 71.9 cm³/mol. The van der Waals surface area contributed by atoms with Gasteiger partial charge < -0.3 is 9.64 Å². The van der Waals surface area contributed by atoms with E-state index in [-0.39, 0.29) is 17.6 Å². The number of carbonyl (C=O) groups excluding carboxylic acids is 1. The van der Waals surface area contributed by atoms with Crippen molar-refractivity contribution in [2.45, 2.75) is 6.04 Å². The second-order valence-electron chi connectivity index (χ2n) is 4.44. The Labute approximate surface area is 115 Å². The van der Waals surface area contributed by atoms with Crippen molar-refractivity contribution in [3.63, 3.8) is 0 Å². The molecule has 1 aromatic carbocycles. The van der Waals surface area contributed by atoms with Gasteiger partial charge in [0.1, 0.15) is 5.82 Å². The molecule has 20 heavy (non-hydrogen) atoms. The van der Waals surface area contributed by atoms with E-state index in [1.165, 1.54) is 25.4 Å². The molecule has 2 heterocycles. The van der Waals surface area contributed by atoms with Crippen molar-refractivity contribution in [3.05, 3.63) is 48.0 Å². The van der Waals surface area contributed by atoms with Gasteiger partial charge in [-0.15, -0.1) is 0 Å². The summed E-state index contributed by atoms with van der Waals surface area (Å²) >= 11 is 0. The molecular weight excluding hydrogens is 261 g/mol. The predicted octanol–water partition coefficient (Wildman–Crippen LogP) is 1.68. The minimum Gasteiger partial charge on any atom is -0.464 e. The van der Waals surface area contributed by atoms with Gasteiger partial charge in [0, 0.05) is 12.4 Å². The first-order valence-corrected chi connectivity index (χ1v) is 6.12. The smallest absolute Gasteiger partial charge is 0.360 e. The summed E-state index contributed by atoms with van der Waals surface area (Å²) in [6.45, 7) is 0.591. The molecular formula is C14H12FN3O2. The highest BCUT2D eigenvalue weighted by molar-refractivity contribution is 6.65. The minimum atomic E-state index is -0.516. The minimum absolute atomic E-state index is 0.150. The third-order valence-corrected chi connectivity index (χ3v) is 3.22. The molecule has 1 atom stereocenters. The third-order valence-electron chi connectivity index (χ3n) is 3.22. The van der Waals surface area contributed by atoms with Crippen LogP contribution in [0.4, 0.5) is 4.39 Å². The monoisotopic (exact) mass is 273 g/mol. The number of halogens is 1. The van der Waals surface area contributed by atoms with Crippen molar-refractivity contribution in [2.75, 3.05) is 13.7 Å². The molecule has 1 aromatic rings. The van der Waals surface area contributed by atoms with Gasteiger partial charge in [-0.2, -0.15) is 0 Å². The van der Waals surface area contributed by atoms with E-state index in [4.69, 9.17) is 4.74 Å². The number of hydrogen-bond acceptors (Lipinski definition) is 5. The van der Waals surface area contributed by atoms with E-state index in [0.29, 0.717) is 12.4 Å². The maximum atomic E-state index is 12.9. The molecule has 0 aliphatic carbocycles. The van der Waals surface area contributed by atoms with Gasteiger partial charge in [-0.1, -0.05) is 12.1 Å². The zero-order valence-corrected chi connectivity index (χ0v) is 10.8. The van der Waals surface area contributed by atoms with Crippen LogP contribution in [0.5, 0.6) is 0 Å². The molecule has 5 nitrogen and oxygen atoms in total. The Morgan fingerprint density at radius 2 is 2.15 bits per heavy atom. The molecule has 0 N–H and O–H groups in total. The number of ether oxygens (including phenoxy) is 1. The van der Waals surface area contributed by atoms with Gasteiger partial charge in [0.05, 0.1) is 19.7 Å². The van der Waals surface area contributed by atoms with Gasteiger partial charge in [-0.05, 0) is 17.7 Å². The lowest BCUT2D eigenvalue weighted by molar-refractivity contribution is -0.132. The highest BCUT2D eigenvalue weighted by Gasteiger charge is 2.33. The molecule has 2 aliphatic heterocycles. The molecule has 102 valence electrons. The fraction of sp³-hybridized carbons (Fsp3) is 0.214. The summed E-state index contributed by atoms with van der Waals surface area (Å²) in [4.78, 5) is 22.0. The third kappa shape index (κ3) is 2.09. The highest BCUT2D eigenvalue weighted by Crippen LogP contribution is 2.27. The Balaban J connectivity index is 1.91. The number of carbonyl (C=O) groups is 1. The fourth-order valence-corrected chi connectivity index (χ4v) is 2.22. The van der Waals surface area contributed by atoms with Gasteiger partial charge in [0.15, 0.2) is 11.5 Å². The van der Waals surface area contributed by atoms with Crippen LogP contribution in [0.3, 0.4) is 0 Å². The molecule has 0 saturated carbocycles. The lowest BCUT2D eigenvalue weighted by Gasteiger charge is -2.18. The SMILES string of the molecule is COC(=O)C1=NC=CN2CC(c3ccc(F)cc3)N=C12. The van der Waals surface area contributed by atoms with Crippen LogP contribution < -0.4 is 0 Å². The van der Waals surface area contributed by atoms with Crippen molar-refractivity contribution < 1.29 is 13.9 Å². The Kier molecular flexibility index (Phi) is 3.06. The van der Waals surface area contributed by atoms with Crippen molar-refractivity contribution in [1.82, 2.24) is 4.90 Å². The molecule has 2 aliphatic rings. The number of rotatable bonds is 2. The van der Waals surface area contributed by atoms with E-state index < -0.39 is 5.97 Å². The summed E-state index contributed by atoms with van der Waals surface area (Å²) in [5.74, 6) is -0.305. The van der Waals surface area contributed by atoms with Gasteiger partial charge >= 0.3 is 5.97 Å². The summed E-state index contributed by atoms with van der Waals surface area (Å²) in [6.07, 6.45) is 3.30. The van der Waals surface area contributed by atoms with Crippen LogP contribution in [-0.2, 0) is 9.53 Å². The average Bonchev–Trinajstić information content (AvgIpc) is 2.91. The Morgan fingerprint density at radius 1 is 1.40 bits per heavy atom. The summed E-state index contributed by atoms with van der Waals surface area (Å²) in [5.41, 5.74) is 1.09. The number of hydrogen-bond donors (Lipinski definition) is 0. The molecule has 1 unspecified atom stereocenters. The molecule has 0 aromatic heterocycles. The van der Waals surface area contributed by atoms with Gasteiger partial charge in [-0.25, -0.2) is 14.2 Å². The molecule has 0 bridgehead atoms. The molecule has 0 spiro atoms. The number of esters is 1. The van der Waals surface area contributed by atoms with Crippen molar-refractivity contribution in [3.8, 4) is 0 Å². The lowest BCUT2D eigenvalue weighted by atomic mass is 10.1. The van der Waals surface area contributed by atoms with Crippen LogP contribution >= 0.6 is 0 Å². The second-order valence-corrected chi connectivity index (χ2v) is 4.44. The van der Waals surface area contributed by atoms with Crippen molar-refractivity contribution >= 4 is 17.5 Å². The Morgan fingerprint density at radius 3 is 2.85 bits per heavy atom. The zero-order valence-electron chi connectivity index (χ0n) is 10.8. The lowest BCUT2D eigenvalue weighted by Crippen LogP contribution is -2.36. The van der Waals surface area contributed by atoms with E-state index in [9.17, 15) is 9.18 Å². The van der Waals surface area contributed by atoms with E-state index in [2.05, 4.69) is 9.98 Å². The molecule has 0 amide bonds. The Bertz CT molecular complexity index is 634. The first kappa shape index (κ1) is 12.5.